The van der Waals surface area contributed by atoms with E-state index in [1.165, 1.54) is 0 Å². The first-order valence-electron chi connectivity index (χ1n) is 9.60. The number of ether oxygens (including phenoxy) is 1. The van der Waals surface area contributed by atoms with Gasteiger partial charge in [-0.3, -0.25) is 9.59 Å². The highest BCUT2D eigenvalue weighted by atomic mass is 16.5. The molecule has 4 heteroatoms. The van der Waals surface area contributed by atoms with E-state index >= 15 is 0 Å². The summed E-state index contributed by atoms with van der Waals surface area (Å²) in [5.41, 5.74) is -0.967. The van der Waals surface area contributed by atoms with Gasteiger partial charge in [-0.25, -0.2) is 0 Å². The fourth-order valence-electron chi connectivity index (χ4n) is 5.66. The van der Waals surface area contributed by atoms with Crippen LogP contribution < -0.4 is 0 Å². The van der Waals surface area contributed by atoms with E-state index in [1.807, 2.05) is 6.92 Å². The van der Waals surface area contributed by atoms with Crippen molar-refractivity contribution in [2.24, 2.45) is 29.1 Å². The molecule has 0 aromatic rings. The van der Waals surface area contributed by atoms with E-state index < -0.39 is 11.5 Å². The van der Waals surface area contributed by atoms with Crippen molar-refractivity contribution < 1.29 is 19.4 Å². The van der Waals surface area contributed by atoms with Crippen molar-refractivity contribution in [1.82, 2.24) is 0 Å². The molecule has 4 nitrogen and oxygen atoms in total. The summed E-state index contributed by atoms with van der Waals surface area (Å²) in [4.78, 5) is 24.6. The second kappa shape index (κ2) is 6.12. The van der Waals surface area contributed by atoms with Crippen LogP contribution in [0.3, 0.4) is 0 Å². The third-order valence-electron chi connectivity index (χ3n) is 7.12. The molecule has 3 rings (SSSR count). The molecule has 0 aromatic heterocycles. The fourth-order valence-corrected chi connectivity index (χ4v) is 5.66. The number of Topliss-reactive ketones (excluding diaryl/α,β-unsaturated/α-hetero) is 1. The van der Waals surface area contributed by atoms with Gasteiger partial charge in [-0.05, 0) is 56.3 Å². The molecule has 2 saturated carbocycles. The predicted octanol–water partition coefficient (Wildman–Crippen LogP) is 3.50. The topological polar surface area (TPSA) is 63.6 Å². The summed E-state index contributed by atoms with van der Waals surface area (Å²) in [7, 11) is 0. The smallest absolute Gasteiger partial charge is 0.311 e. The van der Waals surface area contributed by atoms with Crippen LogP contribution >= 0.6 is 0 Å². The quantitative estimate of drug-likeness (QED) is 0.688. The van der Waals surface area contributed by atoms with Crippen molar-refractivity contribution in [3.63, 3.8) is 0 Å². The molecule has 0 bridgehead atoms. The summed E-state index contributed by atoms with van der Waals surface area (Å²) in [5, 5.41) is 11.4. The summed E-state index contributed by atoms with van der Waals surface area (Å²) < 4.78 is 5.81. The van der Waals surface area contributed by atoms with Gasteiger partial charge in [-0.2, -0.15) is 0 Å². The van der Waals surface area contributed by atoms with Crippen LogP contribution in [0.25, 0.3) is 0 Å². The van der Waals surface area contributed by atoms with Crippen LogP contribution in [0.4, 0.5) is 0 Å². The summed E-state index contributed by atoms with van der Waals surface area (Å²) in [6, 6.07) is 0. The van der Waals surface area contributed by atoms with Crippen LogP contribution in [0.2, 0.25) is 0 Å². The fraction of sp³-hybridized carbons (Fsp3) is 0.900. The van der Waals surface area contributed by atoms with Crippen LogP contribution in [0.1, 0.15) is 72.6 Å². The molecule has 0 unspecified atom stereocenters. The molecule has 1 aliphatic heterocycles. The van der Waals surface area contributed by atoms with E-state index in [1.54, 1.807) is 0 Å². The molecule has 0 aromatic carbocycles. The number of esters is 1. The van der Waals surface area contributed by atoms with E-state index in [0.717, 1.165) is 19.3 Å². The molecule has 7 atom stereocenters. The largest absolute Gasteiger partial charge is 0.462 e. The third-order valence-corrected chi connectivity index (χ3v) is 7.12. The van der Waals surface area contributed by atoms with E-state index in [-0.39, 0.29) is 29.3 Å². The van der Waals surface area contributed by atoms with Crippen LogP contribution in [-0.4, -0.2) is 28.6 Å². The lowest BCUT2D eigenvalue weighted by atomic mass is 9.64. The zero-order valence-corrected chi connectivity index (χ0v) is 15.5. The first kappa shape index (κ1) is 17.9. The maximum absolute atomic E-state index is 12.3. The first-order valence-corrected chi connectivity index (χ1v) is 9.60. The number of aliphatic hydroxyl groups is 1. The molecule has 0 spiro atoms. The Morgan fingerprint density at radius 3 is 2.42 bits per heavy atom. The molecule has 0 amide bonds. The minimum atomic E-state index is -0.949. The summed E-state index contributed by atoms with van der Waals surface area (Å²) >= 11 is 0. The Morgan fingerprint density at radius 2 is 1.71 bits per heavy atom. The van der Waals surface area contributed by atoms with Gasteiger partial charge in [-0.1, -0.05) is 20.8 Å². The van der Waals surface area contributed by atoms with Gasteiger partial charge in [0.2, 0.25) is 0 Å². The van der Waals surface area contributed by atoms with E-state index in [2.05, 4.69) is 20.8 Å². The van der Waals surface area contributed by atoms with Gasteiger partial charge < -0.3 is 9.84 Å². The summed E-state index contributed by atoms with van der Waals surface area (Å²) in [6.45, 7) is 8.29. The Morgan fingerprint density at radius 1 is 1.04 bits per heavy atom. The highest BCUT2D eigenvalue weighted by Gasteiger charge is 2.64. The monoisotopic (exact) mass is 336 g/mol. The van der Waals surface area contributed by atoms with Crippen molar-refractivity contribution in [1.29, 1.82) is 0 Å². The minimum Gasteiger partial charge on any atom is -0.462 e. The van der Waals surface area contributed by atoms with Gasteiger partial charge in [-0.15, -0.1) is 0 Å². The Bertz CT molecular complexity index is 530. The average Bonchev–Trinajstić information content (AvgIpc) is 2.75. The summed E-state index contributed by atoms with van der Waals surface area (Å²) in [6.07, 6.45) is 5.22. The molecule has 3 fully saturated rings. The lowest BCUT2D eigenvalue weighted by molar-refractivity contribution is -0.207. The van der Waals surface area contributed by atoms with Crippen molar-refractivity contribution in [2.45, 2.75) is 84.3 Å². The van der Waals surface area contributed by atoms with Crippen molar-refractivity contribution in [3.8, 4) is 0 Å². The molecule has 136 valence electrons. The third kappa shape index (κ3) is 2.91. The van der Waals surface area contributed by atoms with Gasteiger partial charge in [0.1, 0.15) is 11.9 Å². The zero-order valence-electron chi connectivity index (χ0n) is 15.5. The Balaban J connectivity index is 1.97. The van der Waals surface area contributed by atoms with Crippen LogP contribution in [-0.2, 0) is 14.3 Å². The van der Waals surface area contributed by atoms with Gasteiger partial charge in [0.25, 0.3) is 0 Å². The highest BCUT2D eigenvalue weighted by Crippen LogP contribution is 2.59. The number of carbonyl (C=O) groups excluding carboxylic acids is 2. The second-order valence-corrected chi connectivity index (χ2v) is 9.25. The number of rotatable bonds is 0. The molecular formula is C20H32O4. The second-order valence-electron chi connectivity index (χ2n) is 9.25. The SMILES string of the molecule is C[C@@H]1CC(=O)C[C@@H](C)CC[C@]2(C)CC[C@@]3(O)[C@@H](C)C(=O)O[C@H](C1)[C@@H]23. The first-order chi connectivity index (χ1) is 11.2. The van der Waals surface area contributed by atoms with Gasteiger partial charge in [0.05, 0.1) is 11.5 Å². The minimum absolute atomic E-state index is 0.0134. The molecule has 24 heavy (non-hydrogen) atoms. The normalized spacial score (nSPS) is 50.0. The maximum Gasteiger partial charge on any atom is 0.311 e. The summed E-state index contributed by atoms with van der Waals surface area (Å²) in [5.74, 6) is 0.141. The van der Waals surface area contributed by atoms with Crippen LogP contribution in [0.15, 0.2) is 0 Å². The van der Waals surface area contributed by atoms with Crippen molar-refractivity contribution in [2.75, 3.05) is 0 Å². The molecule has 2 aliphatic carbocycles. The van der Waals surface area contributed by atoms with E-state index in [0.29, 0.717) is 37.4 Å². The molecule has 1 heterocycles. The Hall–Kier alpha value is -0.900. The molecular weight excluding hydrogens is 304 g/mol. The number of hydrogen-bond acceptors (Lipinski definition) is 4. The van der Waals surface area contributed by atoms with Gasteiger partial charge in [0.15, 0.2) is 0 Å². The number of ketones is 1. The van der Waals surface area contributed by atoms with Gasteiger partial charge in [0, 0.05) is 18.8 Å². The Kier molecular flexibility index (Phi) is 4.57. The van der Waals surface area contributed by atoms with Crippen LogP contribution in [0, 0.1) is 29.1 Å². The van der Waals surface area contributed by atoms with E-state index in [4.69, 9.17) is 4.74 Å². The Labute approximate surface area is 145 Å². The molecule has 1 saturated heterocycles. The predicted molar refractivity (Wildman–Crippen MR) is 91.2 cm³/mol. The standard InChI is InChI=1S/C20H32O4/c1-12-5-6-19(4)7-8-20(23)14(3)18(22)24-16(17(19)20)11-13(2)10-15(21)9-12/h12-14,16-17,23H,5-11H2,1-4H3/t12-,13+,14-,16+,17-,19+,20+/m0/s1. The van der Waals surface area contributed by atoms with Crippen molar-refractivity contribution in [3.05, 3.63) is 0 Å². The maximum atomic E-state index is 12.3. The highest BCUT2D eigenvalue weighted by molar-refractivity contribution is 5.79. The number of carbonyl (C=O) groups is 2. The lowest BCUT2D eigenvalue weighted by Crippen LogP contribution is -2.58. The molecule has 3 aliphatic rings. The van der Waals surface area contributed by atoms with Crippen LogP contribution in [0.5, 0.6) is 0 Å². The van der Waals surface area contributed by atoms with Crippen molar-refractivity contribution >= 4 is 11.8 Å². The number of hydrogen-bond donors (Lipinski definition) is 1. The average molecular weight is 336 g/mol. The molecule has 1 N–H and O–H groups in total. The lowest BCUT2D eigenvalue weighted by Gasteiger charge is -2.49. The molecule has 0 radical (unpaired) electrons. The van der Waals surface area contributed by atoms with Gasteiger partial charge >= 0.3 is 5.97 Å². The zero-order chi connectivity index (χ0) is 17.7. The van der Waals surface area contributed by atoms with E-state index in [9.17, 15) is 14.7 Å².